The van der Waals surface area contributed by atoms with Gasteiger partial charge in [0.25, 0.3) is 0 Å². The summed E-state index contributed by atoms with van der Waals surface area (Å²) in [4.78, 5) is 21.2. The second-order valence-corrected chi connectivity index (χ2v) is 5.93. The molecule has 6 nitrogen and oxygen atoms in total. The van der Waals surface area contributed by atoms with Crippen LogP contribution >= 0.6 is 0 Å². The molecule has 2 aromatic heterocycles. The monoisotopic (exact) mass is 351 g/mol. The molecule has 0 bridgehead atoms. The van der Waals surface area contributed by atoms with Crippen molar-refractivity contribution in [2.75, 3.05) is 19.5 Å². The summed E-state index contributed by atoms with van der Waals surface area (Å²) in [6.07, 6.45) is 1.68. The van der Waals surface area contributed by atoms with Crippen LogP contribution in [0.5, 0.6) is 5.75 Å². The topological polar surface area (TPSA) is 87.3 Å². The highest BCUT2D eigenvalue weighted by Crippen LogP contribution is 2.40. The first-order chi connectivity index (χ1) is 12.5. The van der Waals surface area contributed by atoms with Gasteiger partial charge in [0, 0.05) is 11.8 Å². The molecule has 134 valence electrons. The number of anilines is 1. The average molecular weight is 351 g/mol. The molecule has 3 rings (SSSR count). The summed E-state index contributed by atoms with van der Waals surface area (Å²) < 4.78 is 10.6. The molecule has 0 amide bonds. The van der Waals surface area contributed by atoms with E-state index in [4.69, 9.17) is 15.2 Å². The Labute approximate surface area is 152 Å². The zero-order chi connectivity index (χ0) is 18.8. The minimum atomic E-state index is -0.546. The molecule has 6 heteroatoms. The first-order valence-corrected chi connectivity index (χ1v) is 8.35. The van der Waals surface area contributed by atoms with Crippen LogP contribution in [0.4, 0.5) is 5.69 Å². The number of ether oxygens (including phenoxy) is 2. The fourth-order valence-electron chi connectivity index (χ4n) is 3.15. The van der Waals surface area contributed by atoms with E-state index in [0.717, 1.165) is 22.4 Å². The second kappa shape index (κ2) is 7.00. The Hall–Kier alpha value is -3.15. The van der Waals surface area contributed by atoms with Crippen molar-refractivity contribution in [2.45, 2.75) is 20.8 Å². The number of nitrogens with zero attached hydrogens (tertiary/aromatic N) is 2. The van der Waals surface area contributed by atoms with E-state index in [1.807, 2.05) is 26.0 Å². The summed E-state index contributed by atoms with van der Waals surface area (Å²) >= 11 is 0. The summed E-state index contributed by atoms with van der Waals surface area (Å²) in [7, 11) is 1.62. The molecule has 0 aliphatic heterocycles. The number of hydrogen-bond acceptors (Lipinski definition) is 6. The van der Waals surface area contributed by atoms with Crippen molar-refractivity contribution >= 4 is 22.7 Å². The molecule has 0 radical (unpaired) electrons. The van der Waals surface area contributed by atoms with Gasteiger partial charge in [-0.3, -0.25) is 4.98 Å². The minimum absolute atomic E-state index is 0.101. The predicted octanol–water partition coefficient (Wildman–Crippen LogP) is 3.68. The SMILES string of the molecule is CCOC(=O)c1nc2cccnc2c(-c2c(C)ccc(OC)c2C)c1N. The summed E-state index contributed by atoms with van der Waals surface area (Å²) in [6.45, 7) is 5.94. The molecule has 0 atom stereocenters. The fourth-order valence-corrected chi connectivity index (χ4v) is 3.15. The number of methoxy groups -OCH3 is 1. The van der Waals surface area contributed by atoms with E-state index in [1.54, 1.807) is 32.4 Å². The number of carbonyl (C=O) groups is 1. The molecule has 0 spiro atoms. The zero-order valence-corrected chi connectivity index (χ0v) is 15.3. The van der Waals surface area contributed by atoms with E-state index in [9.17, 15) is 4.79 Å². The number of rotatable bonds is 4. The molecular formula is C20H21N3O3. The van der Waals surface area contributed by atoms with E-state index in [1.165, 1.54) is 0 Å². The molecule has 26 heavy (non-hydrogen) atoms. The number of aromatic nitrogens is 2. The molecule has 3 aromatic rings. The molecular weight excluding hydrogens is 330 g/mol. The van der Waals surface area contributed by atoms with Gasteiger partial charge in [0.05, 0.1) is 30.4 Å². The quantitative estimate of drug-likeness (QED) is 0.722. The van der Waals surface area contributed by atoms with Crippen molar-refractivity contribution < 1.29 is 14.3 Å². The summed E-state index contributed by atoms with van der Waals surface area (Å²) in [6, 6.07) is 7.45. The van der Waals surface area contributed by atoms with Crippen LogP contribution in [0.3, 0.4) is 0 Å². The number of aryl methyl sites for hydroxylation is 1. The molecule has 0 saturated heterocycles. The highest BCUT2D eigenvalue weighted by Gasteiger charge is 2.23. The van der Waals surface area contributed by atoms with Crippen molar-refractivity contribution in [3.05, 3.63) is 47.3 Å². The number of esters is 1. The van der Waals surface area contributed by atoms with Crippen LogP contribution in [0.25, 0.3) is 22.2 Å². The fraction of sp³-hybridized carbons (Fsp3) is 0.250. The Bertz CT molecular complexity index is 999. The predicted molar refractivity (Wildman–Crippen MR) is 101 cm³/mol. The minimum Gasteiger partial charge on any atom is -0.496 e. The second-order valence-electron chi connectivity index (χ2n) is 5.93. The van der Waals surface area contributed by atoms with E-state index in [0.29, 0.717) is 16.6 Å². The van der Waals surface area contributed by atoms with Gasteiger partial charge < -0.3 is 15.2 Å². The van der Waals surface area contributed by atoms with Gasteiger partial charge in [-0.15, -0.1) is 0 Å². The largest absolute Gasteiger partial charge is 0.496 e. The Morgan fingerprint density at radius 3 is 2.65 bits per heavy atom. The molecule has 0 fully saturated rings. The van der Waals surface area contributed by atoms with Gasteiger partial charge in [-0.05, 0) is 55.7 Å². The van der Waals surface area contributed by atoms with Crippen LogP contribution in [0.15, 0.2) is 30.5 Å². The highest BCUT2D eigenvalue weighted by molar-refractivity contribution is 6.07. The Balaban J connectivity index is 2.43. The normalized spacial score (nSPS) is 10.8. The molecule has 0 unspecified atom stereocenters. The third-order valence-electron chi connectivity index (χ3n) is 4.34. The van der Waals surface area contributed by atoms with Gasteiger partial charge in [-0.1, -0.05) is 6.07 Å². The average Bonchev–Trinajstić information content (AvgIpc) is 2.63. The summed E-state index contributed by atoms with van der Waals surface area (Å²) in [5.41, 5.74) is 11.5. The van der Waals surface area contributed by atoms with Gasteiger partial charge in [-0.2, -0.15) is 0 Å². The molecule has 0 aliphatic carbocycles. The van der Waals surface area contributed by atoms with Crippen LogP contribution in [-0.2, 0) is 4.74 Å². The first-order valence-electron chi connectivity index (χ1n) is 8.35. The number of hydrogen-bond donors (Lipinski definition) is 1. The first kappa shape index (κ1) is 17.7. The Kier molecular flexibility index (Phi) is 4.75. The maximum Gasteiger partial charge on any atom is 0.359 e. The number of benzene rings is 1. The molecule has 2 N–H and O–H groups in total. The van der Waals surface area contributed by atoms with Crippen molar-refractivity contribution in [2.24, 2.45) is 0 Å². The lowest BCUT2D eigenvalue weighted by Crippen LogP contribution is -2.12. The van der Waals surface area contributed by atoms with E-state index in [-0.39, 0.29) is 18.0 Å². The van der Waals surface area contributed by atoms with Gasteiger partial charge >= 0.3 is 5.97 Å². The molecule has 0 aliphatic rings. The van der Waals surface area contributed by atoms with E-state index in [2.05, 4.69) is 9.97 Å². The third kappa shape index (κ3) is 2.83. The van der Waals surface area contributed by atoms with Crippen LogP contribution in [-0.4, -0.2) is 29.7 Å². The van der Waals surface area contributed by atoms with Crippen molar-refractivity contribution in [3.63, 3.8) is 0 Å². The van der Waals surface area contributed by atoms with Gasteiger partial charge in [0.15, 0.2) is 5.69 Å². The van der Waals surface area contributed by atoms with Crippen molar-refractivity contribution in [3.8, 4) is 16.9 Å². The van der Waals surface area contributed by atoms with E-state index < -0.39 is 5.97 Å². The Morgan fingerprint density at radius 1 is 1.19 bits per heavy atom. The molecule has 1 aromatic carbocycles. The third-order valence-corrected chi connectivity index (χ3v) is 4.34. The van der Waals surface area contributed by atoms with Gasteiger partial charge in [0.2, 0.25) is 0 Å². The zero-order valence-electron chi connectivity index (χ0n) is 15.3. The van der Waals surface area contributed by atoms with Crippen LogP contribution in [0.2, 0.25) is 0 Å². The van der Waals surface area contributed by atoms with Crippen LogP contribution in [0.1, 0.15) is 28.5 Å². The number of nitrogen functional groups attached to an aromatic ring is 1. The van der Waals surface area contributed by atoms with Gasteiger partial charge in [0.1, 0.15) is 5.75 Å². The number of pyridine rings is 2. The van der Waals surface area contributed by atoms with Crippen LogP contribution in [0, 0.1) is 13.8 Å². The van der Waals surface area contributed by atoms with Crippen molar-refractivity contribution in [1.82, 2.24) is 9.97 Å². The number of carbonyl (C=O) groups excluding carboxylic acids is 1. The Morgan fingerprint density at radius 2 is 1.96 bits per heavy atom. The lowest BCUT2D eigenvalue weighted by atomic mass is 9.92. The lowest BCUT2D eigenvalue weighted by molar-refractivity contribution is 0.0521. The van der Waals surface area contributed by atoms with E-state index >= 15 is 0 Å². The smallest absolute Gasteiger partial charge is 0.359 e. The molecule has 0 saturated carbocycles. The van der Waals surface area contributed by atoms with Crippen LogP contribution < -0.4 is 10.5 Å². The highest BCUT2D eigenvalue weighted by atomic mass is 16.5. The standard InChI is InChI=1S/C20H21N3O3/c1-5-26-20(24)19-17(21)16(18-13(23-19)7-6-10-22-18)15-11(2)8-9-14(25-4)12(15)3/h6-10H,5,21H2,1-4H3. The maximum atomic E-state index is 12.4. The number of fused-ring (bicyclic) bond motifs is 1. The lowest BCUT2D eigenvalue weighted by Gasteiger charge is -2.18. The van der Waals surface area contributed by atoms with Gasteiger partial charge in [-0.25, -0.2) is 9.78 Å². The summed E-state index contributed by atoms with van der Waals surface area (Å²) in [5, 5.41) is 0. The van der Waals surface area contributed by atoms with Crippen molar-refractivity contribution in [1.29, 1.82) is 0 Å². The number of nitrogens with two attached hydrogens (primary N) is 1. The maximum absolute atomic E-state index is 12.4. The summed E-state index contributed by atoms with van der Waals surface area (Å²) in [5.74, 6) is 0.193. The molecule has 2 heterocycles.